The van der Waals surface area contributed by atoms with Crippen molar-refractivity contribution in [1.82, 2.24) is 0 Å². The van der Waals surface area contributed by atoms with Crippen LogP contribution in [0.3, 0.4) is 0 Å². The van der Waals surface area contributed by atoms with Crippen molar-refractivity contribution in [3.05, 3.63) is 29.8 Å². The number of aryl methyl sites for hydroxylation is 1. The van der Waals surface area contributed by atoms with Crippen LogP contribution in [0.5, 0.6) is 0 Å². The van der Waals surface area contributed by atoms with Crippen LogP contribution in [-0.2, 0) is 4.79 Å². The van der Waals surface area contributed by atoms with Crippen molar-refractivity contribution in [3.63, 3.8) is 0 Å². The second kappa shape index (κ2) is 7.25. The lowest BCUT2D eigenvalue weighted by Gasteiger charge is -2.11. The molecular formula is C12H19ClN2O. The molecule has 4 heteroatoms. The first-order valence-electron chi connectivity index (χ1n) is 5.26. The fourth-order valence-electron chi connectivity index (χ4n) is 1.40. The Morgan fingerprint density at radius 2 is 2.19 bits per heavy atom. The highest BCUT2D eigenvalue weighted by molar-refractivity contribution is 5.94. The molecule has 3 nitrogen and oxygen atoms in total. The largest absolute Gasteiger partial charge is 0.325 e. The third-order valence-electron chi connectivity index (χ3n) is 2.22. The fourth-order valence-corrected chi connectivity index (χ4v) is 1.40. The molecular weight excluding hydrogens is 224 g/mol. The number of halogens is 1. The Balaban J connectivity index is 0.00000225. The van der Waals surface area contributed by atoms with E-state index in [4.69, 9.17) is 5.73 Å². The molecule has 90 valence electrons. The second-order valence-electron chi connectivity index (χ2n) is 3.75. The lowest BCUT2D eigenvalue weighted by Crippen LogP contribution is -2.35. The Morgan fingerprint density at radius 1 is 1.50 bits per heavy atom. The average molecular weight is 243 g/mol. The summed E-state index contributed by atoms with van der Waals surface area (Å²) >= 11 is 0. The minimum Gasteiger partial charge on any atom is -0.325 e. The molecule has 0 saturated heterocycles. The number of hydrogen-bond donors (Lipinski definition) is 2. The summed E-state index contributed by atoms with van der Waals surface area (Å²) in [5.41, 5.74) is 7.64. The van der Waals surface area contributed by atoms with Gasteiger partial charge in [-0.3, -0.25) is 4.79 Å². The molecule has 0 radical (unpaired) electrons. The van der Waals surface area contributed by atoms with Gasteiger partial charge in [0.15, 0.2) is 0 Å². The predicted molar refractivity (Wildman–Crippen MR) is 69.9 cm³/mol. The van der Waals surface area contributed by atoms with Crippen LogP contribution in [0, 0.1) is 6.92 Å². The van der Waals surface area contributed by atoms with E-state index in [1.807, 2.05) is 38.1 Å². The highest BCUT2D eigenvalue weighted by Crippen LogP contribution is 2.10. The molecule has 1 atom stereocenters. The maximum atomic E-state index is 11.6. The highest BCUT2D eigenvalue weighted by atomic mass is 35.5. The van der Waals surface area contributed by atoms with Gasteiger partial charge in [0.2, 0.25) is 5.91 Å². The summed E-state index contributed by atoms with van der Waals surface area (Å²) in [6.45, 7) is 4.00. The summed E-state index contributed by atoms with van der Waals surface area (Å²) in [5.74, 6) is -0.109. The number of carbonyl (C=O) groups is 1. The number of hydrogen-bond acceptors (Lipinski definition) is 2. The number of rotatable bonds is 4. The molecule has 0 fully saturated rings. The molecule has 0 aromatic heterocycles. The molecule has 1 unspecified atom stereocenters. The minimum atomic E-state index is -0.407. The molecule has 0 spiro atoms. The highest BCUT2D eigenvalue weighted by Gasteiger charge is 2.11. The van der Waals surface area contributed by atoms with Crippen molar-refractivity contribution in [1.29, 1.82) is 0 Å². The van der Waals surface area contributed by atoms with Gasteiger partial charge in [-0.1, -0.05) is 25.5 Å². The van der Waals surface area contributed by atoms with Gasteiger partial charge in [-0.15, -0.1) is 12.4 Å². The molecule has 0 bridgehead atoms. The van der Waals surface area contributed by atoms with Crippen LogP contribution < -0.4 is 11.1 Å². The molecule has 0 aliphatic heterocycles. The zero-order chi connectivity index (χ0) is 11.3. The van der Waals surface area contributed by atoms with Crippen molar-refractivity contribution >= 4 is 24.0 Å². The molecule has 0 heterocycles. The van der Waals surface area contributed by atoms with E-state index in [1.54, 1.807) is 0 Å². The summed E-state index contributed by atoms with van der Waals surface area (Å²) < 4.78 is 0. The zero-order valence-electron chi connectivity index (χ0n) is 9.69. The van der Waals surface area contributed by atoms with Crippen LogP contribution >= 0.6 is 12.4 Å². The number of carbonyl (C=O) groups excluding carboxylic acids is 1. The van der Waals surface area contributed by atoms with E-state index in [0.717, 1.165) is 24.1 Å². The number of benzene rings is 1. The lowest BCUT2D eigenvalue weighted by molar-refractivity contribution is -0.117. The maximum absolute atomic E-state index is 11.6. The molecule has 0 aliphatic carbocycles. The van der Waals surface area contributed by atoms with Crippen molar-refractivity contribution in [2.45, 2.75) is 32.7 Å². The van der Waals surface area contributed by atoms with Crippen molar-refractivity contribution < 1.29 is 4.79 Å². The lowest BCUT2D eigenvalue weighted by atomic mass is 10.1. The molecule has 0 aliphatic rings. The molecule has 1 rings (SSSR count). The van der Waals surface area contributed by atoms with Gasteiger partial charge in [0.1, 0.15) is 0 Å². The van der Waals surface area contributed by atoms with E-state index < -0.39 is 6.04 Å². The van der Waals surface area contributed by atoms with Gasteiger partial charge in [-0.25, -0.2) is 0 Å². The predicted octanol–water partition coefficient (Wildman–Crippen LogP) is 2.48. The summed E-state index contributed by atoms with van der Waals surface area (Å²) in [5, 5.41) is 2.80. The Hall–Kier alpha value is -1.06. The van der Waals surface area contributed by atoms with Crippen LogP contribution in [0.2, 0.25) is 0 Å². The summed E-state index contributed by atoms with van der Waals surface area (Å²) in [6.07, 6.45) is 1.64. The van der Waals surface area contributed by atoms with Gasteiger partial charge in [0.25, 0.3) is 0 Å². The van der Waals surface area contributed by atoms with Gasteiger partial charge in [-0.2, -0.15) is 0 Å². The summed E-state index contributed by atoms with van der Waals surface area (Å²) in [7, 11) is 0. The first-order valence-corrected chi connectivity index (χ1v) is 5.26. The van der Waals surface area contributed by atoms with E-state index in [0.29, 0.717) is 0 Å². The Kier molecular flexibility index (Phi) is 6.77. The van der Waals surface area contributed by atoms with Gasteiger partial charge in [0, 0.05) is 5.69 Å². The molecule has 1 amide bonds. The third-order valence-corrected chi connectivity index (χ3v) is 2.22. The van der Waals surface area contributed by atoms with Gasteiger partial charge in [-0.05, 0) is 31.0 Å². The van der Waals surface area contributed by atoms with Gasteiger partial charge < -0.3 is 11.1 Å². The first-order chi connectivity index (χ1) is 7.13. The smallest absolute Gasteiger partial charge is 0.241 e. The zero-order valence-corrected chi connectivity index (χ0v) is 10.5. The monoisotopic (exact) mass is 242 g/mol. The maximum Gasteiger partial charge on any atom is 0.241 e. The van der Waals surface area contributed by atoms with E-state index in [9.17, 15) is 4.79 Å². The summed E-state index contributed by atoms with van der Waals surface area (Å²) in [4.78, 5) is 11.6. The van der Waals surface area contributed by atoms with E-state index >= 15 is 0 Å². The quantitative estimate of drug-likeness (QED) is 0.852. The number of nitrogens with one attached hydrogen (secondary N) is 1. The van der Waals surface area contributed by atoms with Gasteiger partial charge >= 0.3 is 0 Å². The topological polar surface area (TPSA) is 55.1 Å². The van der Waals surface area contributed by atoms with Crippen LogP contribution in [0.15, 0.2) is 24.3 Å². The fraction of sp³-hybridized carbons (Fsp3) is 0.417. The standard InChI is InChI=1S/C12H18N2O.ClH/c1-3-5-11(13)12(15)14-10-7-4-6-9(2)8-10;/h4,6-8,11H,3,5,13H2,1-2H3,(H,14,15);1H. The van der Waals surface area contributed by atoms with E-state index in [2.05, 4.69) is 5.32 Å². The minimum absolute atomic E-state index is 0. The second-order valence-corrected chi connectivity index (χ2v) is 3.75. The molecule has 3 N–H and O–H groups in total. The van der Waals surface area contributed by atoms with Crippen molar-refractivity contribution in [2.75, 3.05) is 5.32 Å². The first kappa shape index (κ1) is 14.9. The van der Waals surface area contributed by atoms with Crippen LogP contribution in [0.25, 0.3) is 0 Å². The normalized spacial score (nSPS) is 11.4. The number of anilines is 1. The van der Waals surface area contributed by atoms with Crippen LogP contribution in [0.1, 0.15) is 25.3 Å². The Morgan fingerprint density at radius 3 is 2.75 bits per heavy atom. The van der Waals surface area contributed by atoms with Gasteiger partial charge in [0.05, 0.1) is 6.04 Å². The molecule has 0 saturated carbocycles. The van der Waals surface area contributed by atoms with E-state index in [1.165, 1.54) is 0 Å². The van der Waals surface area contributed by atoms with Crippen molar-refractivity contribution in [3.8, 4) is 0 Å². The van der Waals surface area contributed by atoms with Crippen LogP contribution in [-0.4, -0.2) is 11.9 Å². The Bertz CT molecular complexity index is 342. The molecule has 16 heavy (non-hydrogen) atoms. The Labute approximate surface area is 103 Å². The van der Waals surface area contributed by atoms with Crippen molar-refractivity contribution in [2.24, 2.45) is 5.73 Å². The average Bonchev–Trinajstić information content (AvgIpc) is 2.18. The van der Waals surface area contributed by atoms with E-state index in [-0.39, 0.29) is 18.3 Å². The number of nitrogens with two attached hydrogens (primary N) is 1. The SMILES string of the molecule is CCCC(N)C(=O)Nc1cccc(C)c1.Cl. The molecule has 1 aromatic rings. The third kappa shape index (κ3) is 4.64. The summed E-state index contributed by atoms with van der Waals surface area (Å²) in [6, 6.07) is 7.29. The molecule has 1 aromatic carbocycles. The number of amides is 1. The van der Waals surface area contributed by atoms with Crippen LogP contribution in [0.4, 0.5) is 5.69 Å².